The summed E-state index contributed by atoms with van der Waals surface area (Å²) in [5, 5.41) is 2.74. The first-order valence-electron chi connectivity index (χ1n) is 8.77. The van der Waals surface area contributed by atoms with Crippen LogP contribution in [0.4, 0.5) is 5.69 Å². The van der Waals surface area contributed by atoms with E-state index in [-0.39, 0.29) is 36.9 Å². The number of methoxy groups -OCH3 is 1. The zero-order valence-corrected chi connectivity index (χ0v) is 16.4. The Morgan fingerprint density at radius 2 is 1.93 bits per heavy atom. The third-order valence-electron chi connectivity index (χ3n) is 4.34. The summed E-state index contributed by atoms with van der Waals surface area (Å²) in [4.78, 5) is 26.1. The molecule has 2 amide bonds. The maximum Gasteiger partial charge on any atom is 0.262 e. The first-order chi connectivity index (χ1) is 13.0. The number of likely N-dealkylation sites (tertiary alicyclic amines) is 1. The molecule has 1 saturated heterocycles. The Labute approximate surface area is 170 Å². The van der Waals surface area contributed by atoms with E-state index in [2.05, 4.69) is 5.32 Å². The SMILES string of the molecule is COc1cccc(NC(=O)COc2ccc(C(=O)N3CC[C@@H](N)C3)cc2)c1.Cl. The van der Waals surface area contributed by atoms with E-state index < -0.39 is 0 Å². The smallest absolute Gasteiger partial charge is 0.262 e. The Balaban J connectivity index is 0.00000280. The van der Waals surface area contributed by atoms with Crippen molar-refractivity contribution in [2.45, 2.75) is 12.5 Å². The molecule has 0 unspecified atom stereocenters. The van der Waals surface area contributed by atoms with Crippen molar-refractivity contribution in [3.05, 3.63) is 54.1 Å². The number of carbonyl (C=O) groups is 2. The van der Waals surface area contributed by atoms with Gasteiger partial charge in [-0.25, -0.2) is 0 Å². The number of carbonyl (C=O) groups excluding carboxylic acids is 2. The summed E-state index contributed by atoms with van der Waals surface area (Å²) in [7, 11) is 1.57. The molecule has 0 aliphatic carbocycles. The number of rotatable bonds is 6. The fourth-order valence-corrected chi connectivity index (χ4v) is 2.89. The molecule has 7 nitrogen and oxygen atoms in total. The molecule has 0 aromatic heterocycles. The molecule has 3 rings (SSSR count). The van der Waals surface area contributed by atoms with Crippen LogP contribution in [0.15, 0.2) is 48.5 Å². The van der Waals surface area contributed by atoms with Gasteiger partial charge in [0.25, 0.3) is 11.8 Å². The zero-order valence-electron chi connectivity index (χ0n) is 15.6. The fraction of sp³-hybridized carbons (Fsp3) is 0.300. The molecule has 1 aliphatic heterocycles. The minimum atomic E-state index is -0.283. The van der Waals surface area contributed by atoms with Gasteiger partial charge in [-0.3, -0.25) is 9.59 Å². The second kappa shape index (κ2) is 9.96. The topological polar surface area (TPSA) is 93.9 Å². The van der Waals surface area contributed by atoms with Crippen LogP contribution in [0, 0.1) is 0 Å². The second-order valence-corrected chi connectivity index (χ2v) is 6.39. The highest BCUT2D eigenvalue weighted by Gasteiger charge is 2.24. The number of hydrogen-bond donors (Lipinski definition) is 2. The number of nitrogens with one attached hydrogen (secondary N) is 1. The maximum atomic E-state index is 12.4. The summed E-state index contributed by atoms with van der Waals surface area (Å²) in [5.41, 5.74) is 7.06. The van der Waals surface area contributed by atoms with Gasteiger partial charge >= 0.3 is 0 Å². The third kappa shape index (κ3) is 5.61. The first kappa shape index (κ1) is 21.5. The van der Waals surface area contributed by atoms with Crippen molar-refractivity contribution in [3.8, 4) is 11.5 Å². The lowest BCUT2D eigenvalue weighted by Gasteiger charge is -2.16. The number of amides is 2. The Morgan fingerprint density at radius 3 is 2.57 bits per heavy atom. The number of halogens is 1. The van der Waals surface area contributed by atoms with Crippen molar-refractivity contribution in [1.29, 1.82) is 0 Å². The van der Waals surface area contributed by atoms with Crippen molar-refractivity contribution < 1.29 is 19.1 Å². The molecule has 28 heavy (non-hydrogen) atoms. The number of ether oxygens (including phenoxy) is 2. The monoisotopic (exact) mass is 405 g/mol. The van der Waals surface area contributed by atoms with Crippen molar-refractivity contribution in [1.82, 2.24) is 4.90 Å². The van der Waals surface area contributed by atoms with E-state index in [0.29, 0.717) is 35.8 Å². The van der Waals surface area contributed by atoms with Crippen LogP contribution in [-0.4, -0.2) is 49.6 Å². The van der Waals surface area contributed by atoms with Crippen LogP contribution < -0.4 is 20.5 Å². The molecule has 0 saturated carbocycles. The molecule has 8 heteroatoms. The maximum absolute atomic E-state index is 12.4. The molecule has 2 aromatic carbocycles. The van der Waals surface area contributed by atoms with Gasteiger partial charge < -0.3 is 25.4 Å². The van der Waals surface area contributed by atoms with Crippen molar-refractivity contribution >= 4 is 29.9 Å². The molecule has 0 radical (unpaired) electrons. The van der Waals surface area contributed by atoms with Gasteiger partial charge in [0.2, 0.25) is 0 Å². The highest BCUT2D eigenvalue weighted by atomic mass is 35.5. The fourth-order valence-electron chi connectivity index (χ4n) is 2.89. The van der Waals surface area contributed by atoms with E-state index in [1.165, 1.54) is 0 Å². The van der Waals surface area contributed by atoms with Gasteiger partial charge in [0, 0.05) is 36.4 Å². The average molecular weight is 406 g/mol. The van der Waals surface area contributed by atoms with Crippen LogP contribution in [0.2, 0.25) is 0 Å². The minimum Gasteiger partial charge on any atom is -0.497 e. The van der Waals surface area contributed by atoms with Crippen molar-refractivity contribution in [2.75, 3.05) is 32.1 Å². The van der Waals surface area contributed by atoms with E-state index in [4.69, 9.17) is 15.2 Å². The summed E-state index contributed by atoms with van der Waals surface area (Å²) >= 11 is 0. The van der Waals surface area contributed by atoms with Crippen molar-refractivity contribution in [2.24, 2.45) is 5.73 Å². The normalized spacial score (nSPS) is 15.5. The lowest BCUT2D eigenvalue weighted by atomic mass is 10.2. The van der Waals surface area contributed by atoms with E-state index in [1.54, 1.807) is 60.5 Å². The quantitative estimate of drug-likeness (QED) is 0.769. The summed E-state index contributed by atoms with van der Waals surface area (Å²) in [5.74, 6) is 0.859. The van der Waals surface area contributed by atoms with Crippen LogP contribution in [0.5, 0.6) is 11.5 Å². The Hall–Kier alpha value is -2.77. The Kier molecular flexibility index (Phi) is 7.66. The zero-order chi connectivity index (χ0) is 19.2. The minimum absolute atomic E-state index is 0. The first-order valence-corrected chi connectivity index (χ1v) is 8.77. The van der Waals surface area contributed by atoms with Gasteiger partial charge in [0.1, 0.15) is 11.5 Å². The number of hydrogen-bond acceptors (Lipinski definition) is 5. The van der Waals surface area contributed by atoms with E-state index in [9.17, 15) is 9.59 Å². The largest absolute Gasteiger partial charge is 0.497 e. The predicted octanol–water partition coefficient (Wildman–Crippen LogP) is 2.31. The van der Waals surface area contributed by atoms with Gasteiger partial charge in [-0.15, -0.1) is 12.4 Å². The van der Waals surface area contributed by atoms with Gasteiger partial charge in [-0.1, -0.05) is 6.07 Å². The van der Waals surface area contributed by atoms with Crippen LogP contribution >= 0.6 is 12.4 Å². The molecule has 1 aliphatic rings. The lowest BCUT2D eigenvalue weighted by Crippen LogP contribution is -2.31. The molecular formula is C20H24ClN3O4. The number of anilines is 1. The van der Waals surface area contributed by atoms with E-state index >= 15 is 0 Å². The molecule has 1 atom stereocenters. The van der Waals surface area contributed by atoms with Gasteiger partial charge in [-0.2, -0.15) is 0 Å². The van der Waals surface area contributed by atoms with Gasteiger partial charge in [-0.05, 0) is 42.8 Å². The average Bonchev–Trinajstić information content (AvgIpc) is 3.12. The Morgan fingerprint density at radius 1 is 1.18 bits per heavy atom. The highest BCUT2D eigenvalue weighted by Crippen LogP contribution is 2.18. The number of nitrogens with zero attached hydrogens (tertiary/aromatic N) is 1. The molecular weight excluding hydrogens is 382 g/mol. The standard InChI is InChI=1S/C20H23N3O4.ClH/c1-26-18-4-2-3-16(11-18)22-19(24)13-27-17-7-5-14(6-8-17)20(25)23-10-9-15(21)12-23;/h2-8,11,15H,9-10,12-13,21H2,1H3,(H,22,24);1H/t15-;/m1./s1. The predicted molar refractivity (Wildman–Crippen MR) is 109 cm³/mol. The van der Waals surface area contributed by atoms with E-state index in [0.717, 1.165) is 6.42 Å². The third-order valence-corrected chi connectivity index (χ3v) is 4.34. The molecule has 2 aromatic rings. The summed E-state index contributed by atoms with van der Waals surface area (Å²) < 4.78 is 10.6. The van der Waals surface area contributed by atoms with Gasteiger partial charge in [0.05, 0.1) is 7.11 Å². The lowest BCUT2D eigenvalue weighted by molar-refractivity contribution is -0.118. The molecule has 1 fully saturated rings. The summed E-state index contributed by atoms with van der Waals surface area (Å²) in [6.07, 6.45) is 0.829. The van der Waals surface area contributed by atoms with Crippen molar-refractivity contribution in [3.63, 3.8) is 0 Å². The van der Waals surface area contributed by atoms with Crippen LogP contribution in [0.1, 0.15) is 16.8 Å². The van der Waals surface area contributed by atoms with Gasteiger partial charge in [0.15, 0.2) is 6.61 Å². The molecule has 0 spiro atoms. The molecule has 150 valence electrons. The van der Waals surface area contributed by atoms with Crippen LogP contribution in [-0.2, 0) is 4.79 Å². The number of benzene rings is 2. The summed E-state index contributed by atoms with van der Waals surface area (Å²) in [6.45, 7) is 1.13. The molecule has 0 bridgehead atoms. The summed E-state index contributed by atoms with van der Waals surface area (Å²) in [6, 6.07) is 13.9. The number of nitrogens with two attached hydrogens (primary N) is 1. The highest BCUT2D eigenvalue weighted by molar-refractivity contribution is 5.94. The van der Waals surface area contributed by atoms with Crippen LogP contribution in [0.3, 0.4) is 0 Å². The van der Waals surface area contributed by atoms with Crippen LogP contribution in [0.25, 0.3) is 0 Å². The second-order valence-electron chi connectivity index (χ2n) is 6.39. The van der Waals surface area contributed by atoms with E-state index in [1.807, 2.05) is 0 Å². The molecule has 1 heterocycles. The molecule has 3 N–H and O–H groups in total. The Bertz CT molecular complexity index is 813.